The summed E-state index contributed by atoms with van der Waals surface area (Å²) in [5, 5.41) is 3.42. The smallest absolute Gasteiger partial charge is 0.133 e. The van der Waals surface area contributed by atoms with Crippen LogP contribution < -0.4 is 10.2 Å². The van der Waals surface area contributed by atoms with E-state index in [0.29, 0.717) is 5.92 Å². The van der Waals surface area contributed by atoms with Crippen LogP contribution in [0.1, 0.15) is 49.7 Å². The van der Waals surface area contributed by atoms with Gasteiger partial charge in [0.1, 0.15) is 17.5 Å². The van der Waals surface area contributed by atoms with E-state index in [2.05, 4.69) is 53.1 Å². The Morgan fingerprint density at radius 3 is 2.65 bits per heavy atom. The number of aryl methyl sites for hydroxylation is 1. The second-order valence-electron chi connectivity index (χ2n) is 6.44. The van der Waals surface area contributed by atoms with Crippen LogP contribution in [0, 0.1) is 6.92 Å². The third kappa shape index (κ3) is 3.78. The molecule has 0 unspecified atom stereocenters. The summed E-state index contributed by atoms with van der Waals surface area (Å²) < 4.78 is 0. The summed E-state index contributed by atoms with van der Waals surface area (Å²) in [4.78, 5) is 16.0. The molecule has 1 aliphatic heterocycles. The summed E-state index contributed by atoms with van der Waals surface area (Å²) >= 11 is 0. The van der Waals surface area contributed by atoms with Gasteiger partial charge in [-0.25, -0.2) is 15.0 Å². The standard InChI is InChI=1S/C18H25N5/c1-13(2)17-19-9-8-16(22-17)20-12-15-7-6-14(3)21-18(15)23-10-4-5-11-23/h6-9,13H,4-5,10-12H2,1-3H3,(H,19,20,22). The van der Waals surface area contributed by atoms with Gasteiger partial charge >= 0.3 is 0 Å². The van der Waals surface area contributed by atoms with Gasteiger partial charge in [-0.05, 0) is 31.9 Å². The maximum Gasteiger partial charge on any atom is 0.133 e. The lowest BCUT2D eigenvalue weighted by molar-refractivity contribution is 0.774. The molecule has 0 bridgehead atoms. The Kier molecular flexibility index (Phi) is 4.74. The van der Waals surface area contributed by atoms with E-state index < -0.39 is 0 Å². The van der Waals surface area contributed by atoms with Crippen molar-refractivity contribution < 1.29 is 0 Å². The molecule has 0 aromatic carbocycles. The number of nitrogens with one attached hydrogen (secondary N) is 1. The lowest BCUT2D eigenvalue weighted by atomic mass is 10.2. The maximum absolute atomic E-state index is 4.77. The lowest BCUT2D eigenvalue weighted by Crippen LogP contribution is -2.22. The van der Waals surface area contributed by atoms with Gasteiger partial charge < -0.3 is 10.2 Å². The first-order valence-electron chi connectivity index (χ1n) is 8.42. The highest BCUT2D eigenvalue weighted by atomic mass is 15.2. The minimum atomic E-state index is 0.331. The van der Waals surface area contributed by atoms with Crippen molar-refractivity contribution in [1.82, 2.24) is 15.0 Å². The highest BCUT2D eigenvalue weighted by Crippen LogP contribution is 2.23. The van der Waals surface area contributed by atoms with E-state index in [1.807, 2.05) is 12.3 Å². The molecule has 5 nitrogen and oxygen atoms in total. The van der Waals surface area contributed by atoms with Crippen molar-refractivity contribution in [3.8, 4) is 0 Å². The van der Waals surface area contributed by atoms with Gasteiger partial charge in [0, 0.05) is 43.0 Å². The molecule has 0 radical (unpaired) electrons. The fourth-order valence-electron chi connectivity index (χ4n) is 2.85. The second-order valence-corrected chi connectivity index (χ2v) is 6.44. The molecule has 23 heavy (non-hydrogen) atoms. The Labute approximate surface area is 138 Å². The summed E-state index contributed by atoms with van der Waals surface area (Å²) in [6.07, 6.45) is 4.33. The zero-order chi connectivity index (χ0) is 16.2. The number of hydrogen-bond donors (Lipinski definition) is 1. The molecular formula is C18H25N5. The van der Waals surface area contributed by atoms with Gasteiger partial charge in [-0.15, -0.1) is 0 Å². The fraction of sp³-hybridized carbons (Fsp3) is 0.500. The molecule has 0 aliphatic carbocycles. The number of pyridine rings is 1. The number of hydrogen-bond acceptors (Lipinski definition) is 5. The average molecular weight is 311 g/mol. The molecule has 0 saturated carbocycles. The largest absolute Gasteiger partial charge is 0.366 e. The monoisotopic (exact) mass is 311 g/mol. The predicted molar refractivity (Wildman–Crippen MR) is 93.9 cm³/mol. The average Bonchev–Trinajstić information content (AvgIpc) is 3.08. The third-order valence-corrected chi connectivity index (χ3v) is 4.15. The topological polar surface area (TPSA) is 53.9 Å². The van der Waals surface area contributed by atoms with Crippen molar-refractivity contribution in [2.24, 2.45) is 0 Å². The molecule has 2 aromatic heterocycles. The summed E-state index contributed by atoms with van der Waals surface area (Å²) in [6.45, 7) is 9.20. The van der Waals surface area contributed by atoms with Gasteiger partial charge in [-0.1, -0.05) is 19.9 Å². The van der Waals surface area contributed by atoms with E-state index in [1.54, 1.807) is 0 Å². The summed E-state index contributed by atoms with van der Waals surface area (Å²) in [5.74, 6) is 3.19. The molecule has 1 saturated heterocycles. The minimum absolute atomic E-state index is 0.331. The number of nitrogens with zero attached hydrogens (tertiary/aromatic N) is 4. The van der Waals surface area contributed by atoms with E-state index >= 15 is 0 Å². The first-order chi connectivity index (χ1) is 11.1. The van der Waals surface area contributed by atoms with Crippen LogP contribution in [-0.2, 0) is 6.54 Å². The highest BCUT2D eigenvalue weighted by molar-refractivity contribution is 5.50. The third-order valence-electron chi connectivity index (χ3n) is 4.15. The van der Waals surface area contributed by atoms with Gasteiger partial charge in [0.2, 0.25) is 0 Å². The predicted octanol–water partition coefficient (Wildman–Crippen LogP) is 3.52. The summed E-state index contributed by atoms with van der Waals surface area (Å²) in [7, 11) is 0. The van der Waals surface area contributed by atoms with E-state index in [1.165, 1.54) is 18.4 Å². The van der Waals surface area contributed by atoms with Gasteiger partial charge in [0.25, 0.3) is 0 Å². The molecular weight excluding hydrogens is 286 g/mol. The van der Waals surface area contributed by atoms with Crippen LogP contribution >= 0.6 is 0 Å². The summed E-state index contributed by atoms with van der Waals surface area (Å²) in [6, 6.07) is 6.17. The molecule has 2 aromatic rings. The van der Waals surface area contributed by atoms with Crippen LogP contribution in [0.2, 0.25) is 0 Å². The number of rotatable bonds is 5. The van der Waals surface area contributed by atoms with E-state index in [4.69, 9.17) is 4.98 Å². The lowest BCUT2D eigenvalue weighted by Gasteiger charge is -2.21. The van der Waals surface area contributed by atoms with Crippen LogP contribution in [0.3, 0.4) is 0 Å². The Morgan fingerprint density at radius 2 is 1.91 bits per heavy atom. The van der Waals surface area contributed by atoms with Crippen molar-refractivity contribution in [1.29, 1.82) is 0 Å². The van der Waals surface area contributed by atoms with E-state index in [-0.39, 0.29) is 0 Å². The van der Waals surface area contributed by atoms with Crippen LogP contribution in [0.5, 0.6) is 0 Å². The molecule has 3 rings (SSSR count). The van der Waals surface area contributed by atoms with E-state index in [0.717, 1.165) is 42.8 Å². The first kappa shape index (κ1) is 15.7. The van der Waals surface area contributed by atoms with Crippen LogP contribution in [0.15, 0.2) is 24.4 Å². The van der Waals surface area contributed by atoms with Crippen molar-refractivity contribution >= 4 is 11.6 Å². The zero-order valence-corrected chi connectivity index (χ0v) is 14.2. The molecule has 1 N–H and O–H groups in total. The van der Waals surface area contributed by atoms with Gasteiger partial charge in [0.15, 0.2) is 0 Å². The Morgan fingerprint density at radius 1 is 1.13 bits per heavy atom. The molecule has 0 atom stereocenters. The molecule has 1 aliphatic rings. The van der Waals surface area contributed by atoms with Gasteiger partial charge in [-0.3, -0.25) is 0 Å². The maximum atomic E-state index is 4.77. The van der Waals surface area contributed by atoms with Crippen molar-refractivity contribution in [3.05, 3.63) is 41.5 Å². The number of aromatic nitrogens is 3. The quantitative estimate of drug-likeness (QED) is 0.915. The van der Waals surface area contributed by atoms with E-state index in [9.17, 15) is 0 Å². The van der Waals surface area contributed by atoms with Gasteiger partial charge in [0.05, 0.1) is 0 Å². The van der Waals surface area contributed by atoms with Crippen LogP contribution in [-0.4, -0.2) is 28.0 Å². The van der Waals surface area contributed by atoms with Gasteiger partial charge in [-0.2, -0.15) is 0 Å². The molecule has 122 valence electrons. The molecule has 0 amide bonds. The Hall–Kier alpha value is -2.17. The van der Waals surface area contributed by atoms with Crippen molar-refractivity contribution in [2.75, 3.05) is 23.3 Å². The van der Waals surface area contributed by atoms with Crippen LogP contribution in [0.25, 0.3) is 0 Å². The number of anilines is 2. The minimum Gasteiger partial charge on any atom is -0.366 e. The van der Waals surface area contributed by atoms with Crippen molar-refractivity contribution in [3.63, 3.8) is 0 Å². The first-order valence-corrected chi connectivity index (χ1v) is 8.42. The highest BCUT2D eigenvalue weighted by Gasteiger charge is 2.17. The molecule has 5 heteroatoms. The zero-order valence-electron chi connectivity index (χ0n) is 14.2. The normalized spacial score (nSPS) is 14.5. The molecule has 0 spiro atoms. The Balaban J connectivity index is 1.76. The molecule has 1 fully saturated rings. The SMILES string of the molecule is Cc1ccc(CNc2ccnc(C(C)C)n2)c(N2CCCC2)n1. The van der Waals surface area contributed by atoms with Crippen LogP contribution in [0.4, 0.5) is 11.6 Å². The Bertz CT molecular complexity index is 662. The summed E-state index contributed by atoms with van der Waals surface area (Å²) in [5.41, 5.74) is 2.29. The molecule has 3 heterocycles. The van der Waals surface area contributed by atoms with Crippen molar-refractivity contribution in [2.45, 2.75) is 46.1 Å². The fourth-order valence-corrected chi connectivity index (χ4v) is 2.85. The second kappa shape index (κ2) is 6.94.